The highest BCUT2D eigenvalue weighted by Gasteiger charge is 2.10. The summed E-state index contributed by atoms with van der Waals surface area (Å²) in [5.74, 6) is -0.987. The first kappa shape index (κ1) is 15.2. The summed E-state index contributed by atoms with van der Waals surface area (Å²) in [5, 5.41) is 0. The van der Waals surface area contributed by atoms with Gasteiger partial charge in [0.25, 0.3) is 0 Å². The zero-order chi connectivity index (χ0) is 14.4. The van der Waals surface area contributed by atoms with Crippen LogP contribution in [0.2, 0.25) is 0 Å². The van der Waals surface area contributed by atoms with Crippen LogP contribution in [0.3, 0.4) is 0 Å². The van der Waals surface area contributed by atoms with Crippen LogP contribution in [0.1, 0.15) is 24.0 Å². The van der Waals surface area contributed by atoms with E-state index in [1.54, 1.807) is 0 Å². The summed E-state index contributed by atoms with van der Waals surface area (Å²) in [7, 11) is 0. The van der Waals surface area contributed by atoms with Gasteiger partial charge in [-0.1, -0.05) is 52.3 Å². The molecule has 1 unspecified atom stereocenters. The SMILES string of the molecule is Fc1ccc(CC(Br)CCCc2ccccc2)c(F)c1. The molecule has 0 aliphatic heterocycles. The Morgan fingerprint density at radius 1 is 1.00 bits per heavy atom. The molecule has 3 heteroatoms. The van der Waals surface area contributed by atoms with Gasteiger partial charge in [0.05, 0.1) is 0 Å². The third kappa shape index (κ3) is 4.71. The number of rotatable bonds is 6. The topological polar surface area (TPSA) is 0 Å². The molecule has 0 heterocycles. The molecule has 0 N–H and O–H groups in total. The average Bonchev–Trinajstić information content (AvgIpc) is 2.43. The molecule has 0 fully saturated rings. The van der Waals surface area contributed by atoms with E-state index in [9.17, 15) is 8.78 Å². The Labute approximate surface area is 127 Å². The molecule has 2 rings (SSSR count). The van der Waals surface area contributed by atoms with Crippen LogP contribution in [0.5, 0.6) is 0 Å². The summed E-state index contributed by atoms with van der Waals surface area (Å²) in [6.45, 7) is 0. The predicted octanol–water partition coefficient (Wildman–Crippen LogP) is 5.29. The standard InChI is InChI=1S/C17H17BrF2/c18-15(8-4-7-13-5-2-1-3-6-13)11-14-9-10-16(19)12-17(14)20/h1-3,5-6,9-10,12,15H,4,7-8,11H2. The van der Waals surface area contributed by atoms with Crippen LogP contribution in [0, 0.1) is 11.6 Å². The fourth-order valence-electron chi connectivity index (χ4n) is 2.20. The first-order valence-corrected chi connectivity index (χ1v) is 7.68. The summed E-state index contributed by atoms with van der Waals surface area (Å²) < 4.78 is 26.4. The minimum Gasteiger partial charge on any atom is -0.207 e. The molecule has 1 atom stereocenters. The second-order valence-electron chi connectivity index (χ2n) is 4.91. The second-order valence-corrected chi connectivity index (χ2v) is 6.21. The van der Waals surface area contributed by atoms with E-state index in [1.165, 1.54) is 17.7 Å². The Kier molecular flexibility index (Phi) is 5.72. The number of benzene rings is 2. The number of hydrogen-bond acceptors (Lipinski definition) is 0. The summed E-state index contributed by atoms with van der Waals surface area (Å²) in [5.41, 5.74) is 1.88. The lowest BCUT2D eigenvalue weighted by atomic mass is 10.0. The molecule has 0 amide bonds. The van der Waals surface area contributed by atoms with Crippen molar-refractivity contribution < 1.29 is 8.78 Å². The van der Waals surface area contributed by atoms with Gasteiger partial charge in [-0.05, 0) is 42.9 Å². The van der Waals surface area contributed by atoms with Crippen LogP contribution in [0.4, 0.5) is 8.78 Å². The van der Waals surface area contributed by atoms with Crippen molar-refractivity contribution in [1.29, 1.82) is 0 Å². The lowest BCUT2D eigenvalue weighted by Crippen LogP contribution is -2.05. The highest BCUT2D eigenvalue weighted by atomic mass is 79.9. The molecule has 0 spiro atoms. The average molecular weight is 339 g/mol. The quantitative estimate of drug-likeness (QED) is 0.627. The van der Waals surface area contributed by atoms with Gasteiger partial charge in [0.1, 0.15) is 11.6 Å². The van der Waals surface area contributed by atoms with Crippen molar-refractivity contribution in [3.05, 3.63) is 71.3 Å². The van der Waals surface area contributed by atoms with Gasteiger partial charge in [0.2, 0.25) is 0 Å². The first-order valence-electron chi connectivity index (χ1n) is 6.77. The fourth-order valence-corrected chi connectivity index (χ4v) is 2.87. The summed E-state index contributed by atoms with van der Waals surface area (Å²) >= 11 is 3.58. The van der Waals surface area contributed by atoms with Crippen molar-refractivity contribution in [3.8, 4) is 0 Å². The number of aryl methyl sites for hydroxylation is 1. The third-order valence-electron chi connectivity index (χ3n) is 3.28. The molecule has 0 aromatic heterocycles. The highest BCUT2D eigenvalue weighted by Crippen LogP contribution is 2.19. The molecule has 0 saturated carbocycles. The predicted molar refractivity (Wildman–Crippen MR) is 82.2 cm³/mol. The van der Waals surface area contributed by atoms with Crippen molar-refractivity contribution in [2.24, 2.45) is 0 Å². The maximum absolute atomic E-state index is 13.5. The van der Waals surface area contributed by atoms with Crippen molar-refractivity contribution in [1.82, 2.24) is 0 Å². The smallest absolute Gasteiger partial charge is 0.129 e. The Morgan fingerprint density at radius 3 is 2.45 bits per heavy atom. The van der Waals surface area contributed by atoms with Gasteiger partial charge in [0.15, 0.2) is 0 Å². The van der Waals surface area contributed by atoms with Crippen molar-refractivity contribution >= 4 is 15.9 Å². The highest BCUT2D eigenvalue weighted by molar-refractivity contribution is 9.09. The number of halogens is 3. The molecule has 0 nitrogen and oxygen atoms in total. The van der Waals surface area contributed by atoms with Gasteiger partial charge >= 0.3 is 0 Å². The van der Waals surface area contributed by atoms with Crippen molar-refractivity contribution in [2.45, 2.75) is 30.5 Å². The lowest BCUT2D eigenvalue weighted by molar-refractivity contribution is 0.567. The Hall–Kier alpha value is -1.22. The molecular formula is C17H17BrF2. The minimum absolute atomic E-state index is 0.214. The van der Waals surface area contributed by atoms with E-state index in [-0.39, 0.29) is 4.83 Å². The van der Waals surface area contributed by atoms with E-state index in [2.05, 4.69) is 28.1 Å². The summed E-state index contributed by atoms with van der Waals surface area (Å²) in [4.78, 5) is 0.214. The lowest BCUT2D eigenvalue weighted by Gasteiger charge is -2.10. The Balaban J connectivity index is 1.79. The van der Waals surface area contributed by atoms with Gasteiger partial charge in [-0.3, -0.25) is 0 Å². The second kappa shape index (κ2) is 7.53. The monoisotopic (exact) mass is 338 g/mol. The van der Waals surface area contributed by atoms with E-state index in [4.69, 9.17) is 0 Å². The van der Waals surface area contributed by atoms with Crippen LogP contribution in [0.15, 0.2) is 48.5 Å². The van der Waals surface area contributed by atoms with Crippen LogP contribution >= 0.6 is 15.9 Å². The van der Waals surface area contributed by atoms with Crippen LogP contribution in [-0.4, -0.2) is 4.83 Å². The Morgan fingerprint density at radius 2 is 1.75 bits per heavy atom. The maximum atomic E-state index is 13.5. The van der Waals surface area contributed by atoms with Crippen molar-refractivity contribution in [3.63, 3.8) is 0 Å². The molecule has 2 aromatic rings. The summed E-state index contributed by atoms with van der Waals surface area (Å²) in [6.07, 6.45) is 3.62. The number of hydrogen-bond donors (Lipinski definition) is 0. The van der Waals surface area contributed by atoms with Gasteiger partial charge < -0.3 is 0 Å². The maximum Gasteiger partial charge on any atom is 0.129 e. The van der Waals surface area contributed by atoms with E-state index in [0.717, 1.165) is 25.3 Å². The van der Waals surface area contributed by atoms with Crippen molar-refractivity contribution in [2.75, 3.05) is 0 Å². The molecule has 0 aliphatic carbocycles. The fraction of sp³-hybridized carbons (Fsp3) is 0.294. The van der Waals surface area contributed by atoms with E-state index in [1.807, 2.05) is 18.2 Å². The molecule has 0 radical (unpaired) electrons. The normalized spacial score (nSPS) is 12.3. The number of alkyl halides is 1. The third-order valence-corrected chi connectivity index (χ3v) is 4.06. The van der Waals surface area contributed by atoms with E-state index >= 15 is 0 Å². The van der Waals surface area contributed by atoms with Crippen LogP contribution < -0.4 is 0 Å². The molecular weight excluding hydrogens is 322 g/mol. The Bertz CT molecular complexity index is 540. The van der Waals surface area contributed by atoms with Gasteiger partial charge in [-0.25, -0.2) is 8.78 Å². The molecule has 106 valence electrons. The van der Waals surface area contributed by atoms with Crippen LogP contribution in [-0.2, 0) is 12.8 Å². The molecule has 2 aromatic carbocycles. The molecule has 0 saturated heterocycles. The van der Waals surface area contributed by atoms with E-state index in [0.29, 0.717) is 12.0 Å². The zero-order valence-electron chi connectivity index (χ0n) is 11.2. The summed E-state index contributed by atoms with van der Waals surface area (Å²) in [6, 6.07) is 14.1. The van der Waals surface area contributed by atoms with Gasteiger partial charge in [0, 0.05) is 10.9 Å². The van der Waals surface area contributed by atoms with Gasteiger partial charge in [-0.2, -0.15) is 0 Å². The first-order chi connectivity index (χ1) is 9.65. The molecule has 20 heavy (non-hydrogen) atoms. The minimum atomic E-state index is -0.526. The zero-order valence-corrected chi connectivity index (χ0v) is 12.7. The molecule has 0 aliphatic rings. The van der Waals surface area contributed by atoms with E-state index < -0.39 is 11.6 Å². The molecule has 0 bridgehead atoms. The largest absolute Gasteiger partial charge is 0.207 e. The van der Waals surface area contributed by atoms with Gasteiger partial charge in [-0.15, -0.1) is 0 Å². The van der Waals surface area contributed by atoms with Crippen LogP contribution in [0.25, 0.3) is 0 Å².